The van der Waals surface area contributed by atoms with Crippen LogP contribution in [0.1, 0.15) is 51.3 Å². The van der Waals surface area contributed by atoms with Gasteiger partial charge in [0.25, 0.3) is 0 Å². The molecule has 1 amide bonds. The number of nitrogens with one attached hydrogen (secondary N) is 2. The Kier molecular flexibility index (Phi) is 5.58. The second kappa shape index (κ2) is 7.22. The molecule has 1 aromatic heterocycles. The van der Waals surface area contributed by atoms with E-state index in [2.05, 4.69) is 15.6 Å². The summed E-state index contributed by atoms with van der Waals surface area (Å²) in [5.74, 6) is 0. The zero-order valence-electron chi connectivity index (χ0n) is 13.0. The maximum atomic E-state index is 11.8. The van der Waals surface area contributed by atoms with Gasteiger partial charge in [-0.2, -0.15) is 0 Å². The van der Waals surface area contributed by atoms with Crippen LogP contribution in [-0.4, -0.2) is 28.8 Å². The van der Waals surface area contributed by atoms with Crippen LogP contribution in [0.5, 0.6) is 0 Å². The standard InChI is InChI=1S/C15H25N3O2S/c1-15(2,3)20-14(19)18-12-6-4-5-11(7-12)17-9-13-8-16-10-21-13/h8,10-12,17H,4-7,9H2,1-3H3,(H,18,19). The first-order valence-corrected chi connectivity index (χ1v) is 8.40. The maximum absolute atomic E-state index is 11.8. The van der Waals surface area contributed by atoms with Gasteiger partial charge in [0.05, 0.1) is 5.51 Å². The van der Waals surface area contributed by atoms with E-state index >= 15 is 0 Å². The van der Waals surface area contributed by atoms with Crippen molar-refractivity contribution in [3.63, 3.8) is 0 Å². The van der Waals surface area contributed by atoms with Crippen LogP contribution in [0.15, 0.2) is 11.7 Å². The molecular weight excluding hydrogens is 286 g/mol. The molecule has 2 rings (SSSR count). The van der Waals surface area contributed by atoms with Gasteiger partial charge in [-0.25, -0.2) is 4.79 Å². The van der Waals surface area contributed by atoms with Crippen LogP contribution in [0.4, 0.5) is 4.79 Å². The van der Waals surface area contributed by atoms with Crippen molar-refractivity contribution in [3.8, 4) is 0 Å². The van der Waals surface area contributed by atoms with E-state index in [9.17, 15) is 4.79 Å². The summed E-state index contributed by atoms with van der Waals surface area (Å²) in [7, 11) is 0. The monoisotopic (exact) mass is 311 g/mol. The summed E-state index contributed by atoms with van der Waals surface area (Å²) in [5, 5.41) is 6.54. The van der Waals surface area contributed by atoms with Crippen molar-refractivity contribution in [2.24, 2.45) is 0 Å². The first-order valence-electron chi connectivity index (χ1n) is 7.52. The molecule has 2 atom stereocenters. The highest BCUT2D eigenvalue weighted by Crippen LogP contribution is 2.20. The average molecular weight is 311 g/mol. The van der Waals surface area contributed by atoms with E-state index in [1.165, 1.54) is 4.88 Å². The molecular formula is C15H25N3O2S. The third-order valence-corrected chi connectivity index (χ3v) is 4.22. The van der Waals surface area contributed by atoms with E-state index in [0.717, 1.165) is 32.2 Å². The predicted molar refractivity (Wildman–Crippen MR) is 84.4 cm³/mol. The summed E-state index contributed by atoms with van der Waals surface area (Å²) >= 11 is 1.67. The third-order valence-electron chi connectivity index (χ3n) is 3.44. The number of alkyl carbamates (subject to hydrolysis) is 1. The van der Waals surface area contributed by atoms with Gasteiger partial charge in [0.1, 0.15) is 5.60 Å². The lowest BCUT2D eigenvalue weighted by molar-refractivity contribution is 0.0488. The van der Waals surface area contributed by atoms with Gasteiger partial charge in [0.15, 0.2) is 0 Å². The van der Waals surface area contributed by atoms with E-state index in [4.69, 9.17) is 4.74 Å². The molecule has 2 N–H and O–H groups in total. The van der Waals surface area contributed by atoms with Gasteiger partial charge in [0, 0.05) is 29.7 Å². The Morgan fingerprint density at radius 2 is 2.19 bits per heavy atom. The number of aromatic nitrogens is 1. The SMILES string of the molecule is CC(C)(C)OC(=O)NC1CCCC(NCc2cncs2)C1. The lowest BCUT2D eigenvalue weighted by atomic mass is 9.91. The molecule has 0 spiro atoms. The Hall–Kier alpha value is -1.14. The smallest absolute Gasteiger partial charge is 0.407 e. The Morgan fingerprint density at radius 3 is 2.86 bits per heavy atom. The lowest BCUT2D eigenvalue weighted by Gasteiger charge is -2.31. The van der Waals surface area contributed by atoms with Gasteiger partial charge in [-0.05, 0) is 46.5 Å². The topological polar surface area (TPSA) is 63.2 Å². The molecule has 1 saturated carbocycles. The minimum absolute atomic E-state index is 0.201. The highest BCUT2D eigenvalue weighted by molar-refractivity contribution is 7.09. The largest absolute Gasteiger partial charge is 0.444 e. The molecule has 118 valence electrons. The number of hydrogen-bond donors (Lipinski definition) is 2. The van der Waals surface area contributed by atoms with Crippen LogP contribution in [-0.2, 0) is 11.3 Å². The number of hydrogen-bond acceptors (Lipinski definition) is 5. The molecule has 0 radical (unpaired) electrons. The number of rotatable bonds is 4. The van der Waals surface area contributed by atoms with Gasteiger partial charge in [-0.15, -0.1) is 11.3 Å². The Bertz CT molecular complexity index is 442. The van der Waals surface area contributed by atoms with E-state index in [-0.39, 0.29) is 12.1 Å². The maximum Gasteiger partial charge on any atom is 0.407 e. The summed E-state index contributed by atoms with van der Waals surface area (Å²) in [6, 6.07) is 0.647. The van der Waals surface area contributed by atoms with Gasteiger partial charge < -0.3 is 15.4 Å². The molecule has 0 aromatic carbocycles. The summed E-state index contributed by atoms with van der Waals surface area (Å²) < 4.78 is 5.32. The molecule has 5 nitrogen and oxygen atoms in total. The molecule has 1 aliphatic carbocycles. The Morgan fingerprint density at radius 1 is 1.43 bits per heavy atom. The highest BCUT2D eigenvalue weighted by atomic mass is 32.1. The second-order valence-corrected chi connectivity index (χ2v) is 7.53. The molecule has 6 heteroatoms. The molecule has 1 aliphatic rings. The van der Waals surface area contributed by atoms with Gasteiger partial charge in [0.2, 0.25) is 0 Å². The van der Waals surface area contributed by atoms with Gasteiger partial charge in [-0.3, -0.25) is 4.98 Å². The first-order chi connectivity index (χ1) is 9.92. The molecule has 0 bridgehead atoms. The molecule has 1 aromatic rings. The molecule has 1 fully saturated rings. The normalized spacial score (nSPS) is 22.8. The van der Waals surface area contributed by atoms with Crippen molar-refractivity contribution in [2.75, 3.05) is 0 Å². The van der Waals surface area contributed by atoms with E-state index in [1.807, 2.05) is 32.5 Å². The van der Waals surface area contributed by atoms with Crippen molar-refractivity contribution in [1.82, 2.24) is 15.6 Å². The highest BCUT2D eigenvalue weighted by Gasteiger charge is 2.25. The minimum Gasteiger partial charge on any atom is -0.444 e. The van der Waals surface area contributed by atoms with Crippen molar-refractivity contribution < 1.29 is 9.53 Å². The van der Waals surface area contributed by atoms with Crippen LogP contribution >= 0.6 is 11.3 Å². The lowest BCUT2D eigenvalue weighted by Crippen LogP contribution is -2.45. The fraction of sp³-hybridized carbons (Fsp3) is 0.733. The van der Waals surface area contributed by atoms with Crippen LogP contribution in [0.25, 0.3) is 0 Å². The molecule has 0 saturated heterocycles. The third kappa shape index (κ3) is 6.01. The number of carbonyl (C=O) groups excluding carboxylic acids is 1. The van der Waals surface area contributed by atoms with E-state index in [0.29, 0.717) is 6.04 Å². The van der Waals surface area contributed by atoms with Crippen molar-refractivity contribution in [1.29, 1.82) is 0 Å². The Labute approximate surface area is 130 Å². The van der Waals surface area contributed by atoms with Crippen LogP contribution in [0, 0.1) is 0 Å². The summed E-state index contributed by atoms with van der Waals surface area (Å²) in [5.41, 5.74) is 1.41. The fourth-order valence-corrected chi connectivity index (χ4v) is 3.10. The average Bonchev–Trinajstić information content (AvgIpc) is 2.87. The Balaban J connectivity index is 1.74. The number of carbonyl (C=O) groups is 1. The summed E-state index contributed by atoms with van der Waals surface area (Å²) in [6.45, 7) is 6.50. The van der Waals surface area contributed by atoms with E-state index < -0.39 is 5.60 Å². The summed E-state index contributed by atoms with van der Waals surface area (Å²) in [4.78, 5) is 17.1. The predicted octanol–water partition coefficient (Wildman–Crippen LogP) is 3.07. The van der Waals surface area contributed by atoms with Crippen molar-refractivity contribution in [3.05, 3.63) is 16.6 Å². The van der Waals surface area contributed by atoms with Crippen LogP contribution in [0.3, 0.4) is 0 Å². The van der Waals surface area contributed by atoms with Crippen LogP contribution < -0.4 is 10.6 Å². The zero-order valence-corrected chi connectivity index (χ0v) is 13.8. The first kappa shape index (κ1) is 16.2. The van der Waals surface area contributed by atoms with Crippen molar-refractivity contribution in [2.45, 2.75) is 70.7 Å². The number of ether oxygens (including phenoxy) is 1. The minimum atomic E-state index is -0.442. The fourth-order valence-electron chi connectivity index (χ4n) is 2.55. The van der Waals surface area contributed by atoms with Gasteiger partial charge >= 0.3 is 6.09 Å². The zero-order chi connectivity index (χ0) is 15.3. The quantitative estimate of drug-likeness (QED) is 0.897. The van der Waals surface area contributed by atoms with Crippen molar-refractivity contribution >= 4 is 17.4 Å². The molecule has 1 heterocycles. The second-order valence-electron chi connectivity index (χ2n) is 6.56. The van der Waals surface area contributed by atoms with Gasteiger partial charge in [-0.1, -0.05) is 0 Å². The number of nitrogens with zero attached hydrogens (tertiary/aromatic N) is 1. The van der Waals surface area contributed by atoms with Crippen LogP contribution in [0.2, 0.25) is 0 Å². The van der Waals surface area contributed by atoms with E-state index in [1.54, 1.807) is 11.3 Å². The number of thiazole rings is 1. The number of amides is 1. The molecule has 0 aliphatic heterocycles. The molecule has 21 heavy (non-hydrogen) atoms. The summed E-state index contributed by atoms with van der Waals surface area (Å²) in [6.07, 6.45) is 5.86. The molecule has 2 unspecified atom stereocenters.